The van der Waals surface area contributed by atoms with Crippen LogP contribution in [0.1, 0.15) is 37.9 Å². The molecule has 30 heavy (non-hydrogen) atoms. The van der Waals surface area contributed by atoms with Crippen molar-refractivity contribution in [3.63, 3.8) is 0 Å². The summed E-state index contributed by atoms with van der Waals surface area (Å²) in [5, 5.41) is 17.7. The fourth-order valence-electron chi connectivity index (χ4n) is 2.40. The second-order valence-electron chi connectivity index (χ2n) is 6.03. The van der Waals surface area contributed by atoms with E-state index in [-0.39, 0.29) is 29.6 Å². The molecule has 10 nitrogen and oxygen atoms in total. The highest BCUT2D eigenvalue weighted by Crippen LogP contribution is 2.38. The van der Waals surface area contributed by atoms with Crippen molar-refractivity contribution >= 4 is 34.3 Å². The monoisotopic (exact) mass is 436 g/mol. The zero-order valence-electron chi connectivity index (χ0n) is 17.0. The van der Waals surface area contributed by atoms with Gasteiger partial charge in [-0.25, -0.2) is 4.98 Å². The molecule has 0 radical (unpaired) electrons. The Kier molecular flexibility index (Phi) is 9.01. The number of methoxy groups -OCH3 is 1. The van der Waals surface area contributed by atoms with Crippen molar-refractivity contribution in [1.82, 2.24) is 4.98 Å². The van der Waals surface area contributed by atoms with Crippen LogP contribution in [0.4, 0.5) is 10.8 Å². The van der Waals surface area contributed by atoms with Crippen molar-refractivity contribution in [1.29, 1.82) is 0 Å². The van der Waals surface area contributed by atoms with Crippen molar-refractivity contribution in [2.45, 2.75) is 33.1 Å². The van der Waals surface area contributed by atoms with E-state index in [1.807, 2.05) is 6.92 Å². The fraction of sp³-hybridized carbons (Fsp3) is 0.421. The van der Waals surface area contributed by atoms with Gasteiger partial charge >= 0.3 is 11.7 Å². The number of nitrogens with zero attached hydrogens (tertiary/aromatic N) is 3. The van der Waals surface area contributed by atoms with Crippen LogP contribution in [0.5, 0.6) is 11.5 Å². The normalized spacial score (nSPS) is 10.8. The van der Waals surface area contributed by atoms with Crippen molar-refractivity contribution in [2.75, 3.05) is 25.7 Å². The van der Waals surface area contributed by atoms with Crippen LogP contribution in [0.15, 0.2) is 22.6 Å². The summed E-state index contributed by atoms with van der Waals surface area (Å²) in [5.41, 5.74) is 3.57. The van der Waals surface area contributed by atoms with Gasteiger partial charge in [-0.1, -0.05) is 13.3 Å². The summed E-state index contributed by atoms with van der Waals surface area (Å²) in [6.07, 6.45) is 3.18. The summed E-state index contributed by atoms with van der Waals surface area (Å²) in [7, 11) is 1.42. The molecule has 2 rings (SSSR count). The number of hydrogen-bond acceptors (Lipinski definition) is 10. The molecule has 0 unspecified atom stereocenters. The molecule has 0 bridgehead atoms. The highest BCUT2D eigenvalue weighted by Gasteiger charge is 2.22. The number of thiazole rings is 1. The number of hydrazone groups is 1. The van der Waals surface area contributed by atoms with Gasteiger partial charge in [-0.05, 0) is 19.4 Å². The number of rotatable bonds is 12. The Labute approximate surface area is 178 Å². The third kappa shape index (κ3) is 6.69. The highest BCUT2D eigenvalue weighted by atomic mass is 32.1. The van der Waals surface area contributed by atoms with Crippen molar-refractivity contribution in [3.8, 4) is 11.5 Å². The Bertz CT molecular complexity index is 899. The van der Waals surface area contributed by atoms with E-state index in [2.05, 4.69) is 15.5 Å². The molecule has 0 saturated heterocycles. The number of nitro groups is 1. The number of anilines is 1. The van der Waals surface area contributed by atoms with Crippen LogP contribution < -0.4 is 14.9 Å². The van der Waals surface area contributed by atoms with Gasteiger partial charge in [-0.3, -0.25) is 20.3 Å². The quantitative estimate of drug-likeness (QED) is 0.175. The van der Waals surface area contributed by atoms with Crippen LogP contribution in [-0.2, 0) is 16.0 Å². The summed E-state index contributed by atoms with van der Waals surface area (Å²) in [6, 6.07) is 2.97. The number of benzene rings is 1. The second kappa shape index (κ2) is 11.7. The predicted molar refractivity (Wildman–Crippen MR) is 114 cm³/mol. The third-order valence-corrected chi connectivity index (χ3v) is 4.57. The molecule has 1 heterocycles. The maximum atomic E-state index is 11.5. The number of ether oxygens (including phenoxy) is 3. The van der Waals surface area contributed by atoms with E-state index in [4.69, 9.17) is 14.2 Å². The molecule has 0 aliphatic carbocycles. The second-order valence-corrected chi connectivity index (χ2v) is 6.88. The fourth-order valence-corrected chi connectivity index (χ4v) is 3.05. The molecule has 0 aliphatic rings. The molecule has 0 atom stereocenters. The third-order valence-electron chi connectivity index (χ3n) is 3.77. The smallest absolute Gasteiger partial charge is 0.315 e. The predicted octanol–water partition coefficient (Wildman–Crippen LogP) is 3.79. The lowest BCUT2D eigenvalue weighted by Crippen LogP contribution is -2.07. The molecule has 1 N–H and O–H groups in total. The number of esters is 1. The molecular formula is C19H24N4O6S. The number of aromatic nitrogens is 1. The summed E-state index contributed by atoms with van der Waals surface area (Å²) in [5.74, 6) is 0.0100. The van der Waals surface area contributed by atoms with Gasteiger partial charge in [0.25, 0.3) is 0 Å². The standard InChI is InChI=1S/C19H24N4O6S/c1-4-6-7-29-18-15(23(25)26)8-13(9-16(18)27-3)11-20-22-19-21-14(12-30-19)10-17(24)28-5-2/h8-9,11-12H,4-7,10H2,1-3H3,(H,21,22)/b20-11-. The van der Waals surface area contributed by atoms with Crippen molar-refractivity contribution in [3.05, 3.63) is 38.9 Å². The van der Waals surface area contributed by atoms with Gasteiger partial charge in [0.15, 0.2) is 5.75 Å². The number of hydrogen-bond donors (Lipinski definition) is 1. The summed E-state index contributed by atoms with van der Waals surface area (Å²) < 4.78 is 15.7. The largest absolute Gasteiger partial charge is 0.493 e. The van der Waals surface area contributed by atoms with Gasteiger partial charge in [-0.2, -0.15) is 5.10 Å². The lowest BCUT2D eigenvalue weighted by atomic mass is 10.2. The first-order valence-electron chi connectivity index (χ1n) is 9.36. The van der Waals surface area contributed by atoms with Gasteiger partial charge in [0.1, 0.15) is 0 Å². The SMILES string of the molecule is CCCCOc1c(OC)cc(/C=N\Nc2nc(CC(=O)OCC)cs2)cc1[N+](=O)[O-]. The first kappa shape index (κ1) is 23.1. The minimum Gasteiger partial charge on any atom is -0.493 e. The van der Waals surface area contributed by atoms with Gasteiger partial charge in [-0.15, -0.1) is 11.3 Å². The highest BCUT2D eigenvalue weighted by molar-refractivity contribution is 7.13. The van der Waals surface area contributed by atoms with Gasteiger partial charge in [0.2, 0.25) is 10.9 Å². The van der Waals surface area contributed by atoms with Crippen LogP contribution in [0, 0.1) is 10.1 Å². The molecule has 162 valence electrons. The van der Waals surface area contributed by atoms with E-state index in [9.17, 15) is 14.9 Å². The van der Waals surface area contributed by atoms with Crippen LogP contribution in [0.3, 0.4) is 0 Å². The van der Waals surface area contributed by atoms with E-state index in [0.29, 0.717) is 29.6 Å². The minimum atomic E-state index is -0.517. The number of carbonyl (C=O) groups is 1. The summed E-state index contributed by atoms with van der Waals surface area (Å²) >= 11 is 1.28. The van der Waals surface area contributed by atoms with Crippen molar-refractivity contribution < 1.29 is 23.9 Å². The van der Waals surface area contributed by atoms with E-state index in [1.54, 1.807) is 18.4 Å². The molecule has 0 saturated carbocycles. The average molecular weight is 436 g/mol. The number of unbranched alkanes of at least 4 members (excludes halogenated alkanes) is 1. The van der Waals surface area contributed by atoms with Crippen LogP contribution in [0.2, 0.25) is 0 Å². The van der Waals surface area contributed by atoms with Crippen LogP contribution >= 0.6 is 11.3 Å². The number of nitro benzene ring substituents is 1. The van der Waals surface area contributed by atoms with Crippen LogP contribution in [-0.4, -0.2) is 42.4 Å². The number of nitrogens with one attached hydrogen (secondary N) is 1. The Balaban J connectivity index is 2.11. The topological polar surface area (TPSA) is 125 Å². The Morgan fingerprint density at radius 1 is 1.40 bits per heavy atom. The maximum absolute atomic E-state index is 11.5. The van der Waals surface area contributed by atoms with E-state index >= 15 is 0 Å². The molecule has 0 spiro atoms. The van der Waals surface area contributed by atoms with Gasteiger partial charge < -0.3 is 14.2 Å². The van der Waals surface area contributed by atoms with Crippen LogP contribution in [0.25, 0.3) is 0 Å². The first-order valence-corrected chi connectivity index (χ1v) is 10.2. The van der Waals surface area contributed by atoms with E-state index in [0.717, 1.165) is 12.8 Å². The molecule has 2 aromatic rings. The Morgan fingerprint density at radius 2 is 2.20 bits per heavy atom. The maximum Gasteiger partial charge on any atom is 0.315 e. The lowest BCUT2D eigenvalue weighted by molar-refractivity contribution is -0.386. The molecule has 11 heteroatoms. The minimum absolute atomic E-state index is 0.0820. The Morgan fingerprint density at radius 3 is 2.87 bits per heavy atom. The molecule has 0 aliphatic heterocycles. The van der Waals surface area contributed by atoms with Crippen molar-refractivity contribution in [2.24, 2.45) is 5.10 Å². The van der Waals surface area contributed by atoms with E-state index in [1.165, 1.54) is 30.7 Å². The van der Waals surface area contributed by atoms with Gasteiger partial charge in [0.05, 0.1) is 43.6 Å². The number of carbonyl (C=O) groups excluding carboxylic acids is 1. The zero-order valence-corrected chi connectivity index (χ0v) is 17.9. The van der Waals surface area contributed by atoms with E-state index < -0.39 is 4.92 Å². The van der Waals surface area contributed by atoms with Gasteiger partial charge in [0, 0.05) is 17.0 Å². The first-order chi connectivity index (χ1) is 14.5. The lowest BCUT2D eigenvalue weighted by Gasteiger charge is -2.11. The molecule has 0 amide bonds. The summed E-state index contributed by atoms with van der Waals surface area (Å²) in [6.45, 7) is 4.42. The Hall–Kier alpha value is -3.21. The molecule has 1 aromatic carbocycles. The average Bonchev–Trinajstić information content (AvgIpc) is 3.15. The molecular weight excluding hydrogens is 412 g/mol. The summed E-state index contributed by atoms with van der Waals surface area (Å²) in [4.78, 5) is 26.7. The molecule has 0 fully saturated rings. The molecule has 1 aromatic heterocycles. The zero-order chi connectivity index (χ0) is 21.9.